The van der Waals surface area contributed by atoms with Crippen molar-refractivity contribution in [2.75, 3.05) is 0 Å². The average Bonchev–Trinajstić information content (AvgIpc) is 3.15. The quantitative estimate of drug-likeness (QED) is 0.146. The molecule has 8 rings (SSSR count). The van der Waals surface area contributed by atoms with Gasteiger partial charge in [0.2, 0.25) is 0 Å². The molecule has 0 unspecified atom stereocenters. The average molecular weight is 637 g/mol. The topological polar surface area (TPSA) is 0 Å². The maximum absolute atomic E-state index is 2.42. The molecule has 0 N–H and O–H groups in total. The lowest BCUT2D eigenvalue weighted by Gasteiger charge is -2.27. The minimum Gasteiger partial charge on any atom is -0.0622 e. The Morgan fingerprint density at radius 1 is 0.277 bits per heavy atom. The van der Waals surface area contributed by atoms with Gasteiger partial charge in [-0.25, -0.2) is 0 Å². The van der Waals surface area contributed by atoms with E-state index in [4.69, 9.17) is 0 Å². The third-order valence-corrected chi connectivity index (χ3v) is 14.0. The molecule has 0 heterocycles. The van der Waals surface area contributed by atoms with Crippen molar-refractivity contribution in [3.8, 4) is 0 Å². The largest absolute Gasteiger partial charge is 0.0622 e. The van der Waals surface area contributed by atoms with Crippen molar-refractivity contribution in [2.45, 2.75) is 6.42 Å². The van der Waals surface area contributed by atoms with Gasteiger partial charge in [0.05, 0.1) is 0 Å². The van der Waals surface area contributed by atoms with Crippen LogP contribution in [0.2, 0.25) is 0 Å². The molecular weight excluding hydrogens is 602 g/mol. The summed E-state index contributed by atoms with van der Waals surface area (Å²) in [5, 5.41) is 13.6. The third-order valence-electron chi connectivity index (χ3n) is 8.92. The molecule has 0 bridgehead atoms. The van der Waals surface area contributed by atoms with Gasteiger partial charge in [-0.1, -0.05) is 194 Å². The van der Waals surface area contributed by atoms with Crippen molar-refractivity contribution in [1.29, 1.82) is 0 Å². The summed E-state index contributed by atoms with van der Waals surface area (Å²) in [5.74, 6) is 0. The lowest BCUT2D eigenvalue weighted by atomic mass is 9.95. The predicted molar refractivity (Wildman–Crippen MR) is 208 cm³/mol. The molecule has 2 heteroatoms. The first-order valence-corrected chi connectivity index (χ1v) is 18.9. The van der Waals surface area contributed by atoms with Gasteiger partial charge in [0.25, 0.3) is 0 Å². The first kappa shape index (κ1) is 29.5. The first-order chi connectivity index (χ1) is 23.3. The zero-order chi connectivity index (χ0) is 31.4. The number of hydrogen-bond donors (Lipinski definition) is 0. The van der Waals surface area contributed by atoms with E-state index in [1.165, 1.54) is 64.5 Å². The molecule has 8 aromatic carbocycles. The molecule has 47 heavy (non-hydrogen) atoms. The van der Waals surface area contributed by atoms with Gasteiger partial charge in [0.15, 0.2) is 0 Å². The van der Waals surface area contributed by atoms with Crippen molar-refractivity contribution < 1.29 is 0 Å². The molecule has 0 fully saturated rings. The van der Waals surface area contributed by atoms with E-state index in [0.717, 1.165) is 6.42 Å². The molecular formula is C45H34P2. The molecule has 0 spiro atoms. The molecule has 0 aromatic heterocycles. The molecule has 0 aliphatic rings. The SMILES string of the molecule is c1ccc(P(c2ccccc2)c2ccc3ccccc3c2Cc2c(P(c3ccccc3)c3ccccc3)ccc3ccccc23)cc1. The van der Waals surface area contributed by atoms with Crippen LogP contribution in [0.5, 0.6) is 0 Å². The van der Waals surface area contributed by atoms with E-state index in [1.54, 1.807) is 0 Å². The fraction of sp³-hybridized carbons (Fsp3) is 0.0222. The zero-order valence-corrected chi connectivity index (χ0v) is 27.9. The molecule has 224 valence electrons. The summed E-state index contributed by atoms with van der Waals surface area (Å²) in [6.45, 7) is 0. The standard InChI is InChI=1S/C45H34P2/c1-5-19-36(20-6-1)46(37-21-7-2-8-22-37)44-31-29-34-17-13-15-27-40(34)42(44)33-43-41-28-16-14-18-35(41)30-32-45(43)47(38-23-9-3-10-24-38)39-25-11-4-12-26-39/h1-32H,33H2. The summed E-state index contributed by atoms with van der Waals surface area (Å²) in [5.41, 5.74) is 2.85. The van der Waals surface area contributed by atoms with Crippen molar-refractivity contribution in [1.82, 2.24) is 0 Å². The highest BCUT2D eigenvalue weighted by Crippen LogP contribution is 2.40. The van der Waals surface area contributed by atoms with Gasteiger partial charge < -0.3 is 0 Å². The van der Waals surface area contributed by atoms with Crippen LogP contribution in [0.15, 0.2) is 194 Å². The molecule has 0 amide bonds. The Balaban J connectivity index is 1.41. The maximum atomic E-state index is 2.42. The van der Waals surface area contributed by atoms with Crippen molar-refractivity contribution in [3.05, 3.63) is 205 Å². The van der Waals surface area contributed by atoms with Crippen LogP contribution < -0.4 is 31.8 Å². The summed E-state index contributed by atoms with van der Waals surface area (Å²) >= 11 is 0. The second-order valence-corrected chi connectivity index (χ2v) is 16.1. The smallest absolute Gasteiger partial charge is 0.0000305 e. The molecule has 0 aliphatic heterocycles. The van der Waals surface area contributed by atoms with E-state index >= 15 is 0 Å². The van der Waals surface area contributed by atoms with Crippen LogP contribution in [0.1, 0.15) is 11.1 Å². The Morgan fingerprint density at radius 2 is 0.574 bits per heavy atom. The van der Waals surface area contributed by atoms with Crippen LogP contribution in [-0.4, -0.2) is 0 Å². The molecule has 0 saturated heterocycles. The Bertz CT molecular complexity index is 2020. The summed E-state index contributed by atoms with van der Waals surface area (Å²) in [4.78, 5) is 0. The lowest BCUT2D eigenvalue weighted by molar-refractivity contribution is 1.27. The van der Waals surface area contributed by atoms with Gasteiger partial charge in [-0.05, 0) is 86.8 Å². The Morgan fingerprint density at radius 3 is 0.915 bits per heavy atom. The summed E-state index contributed by atoms with van der Waals surface area (Å²) in [6.07, 6.45) is 0.852. The summed E-state index contributed by atoms with van der Waals surface area (Å²) < 4.78 is 0. The Kier molecular flexibility index (Phi) is 8.47. The van der Waals surface area contributed by atoms with E-state index in [0.29, 0.717) is 0 Å². The lowest BCUT2D eigenvalue weighted by Crippen LogP contribution is -2.26. The van der Waals surface area contributed by atoms with E-state index in [-0.39, 0.29) is 0 Å². The monoisotopic (exact) mass is 636 g/mol. The maximum Gasteiger partial charge on any atom is -0.0000305 e. The van der Waals surface area contributed by atoms with Crippen molar-refractivity contribution in [2.24, 2.45) is 0 Å². The normalized spacial score (nSPS) is 11.4. The van der Waals surface area contributed by atoms with Crippen LogP contribution in [0.4, 0.5) is 0 Å². The first-order valence-electron chi connectivity index (χ1n) is 16.2. The molecule has 0 atom stereocenters. The number of hydrogen-bond acceptors (Lipinski definition) is 0. The van der Waals surface area contributed by atoms with Crippen LogP contribution in [0.25, 0.3) is 21.5 Å². The third kappa shape index (κ3) is 5.92. The van der Waals surface area contributed by atoms with Gasteiger partial charge >= 0.3 is 0 Å². The van der Waals surface area contributed by atoms with E-state index in [2.05, 4.69) is 194 Å². The van der Waals surface area contributed by atoms with E-state index < -0.39 is 15.8 Å². The van der Waals surface area contributed by atoms with Crippen LogP contribution in [0, 0.1) is 0 Å². The van der Waals surface area contributed by atoms with Gasteiger partial charge in [-0.15, -0.1) is 0 Å². The highest BCUT2D eigenvalue weighted by Gasteiger charge is 2.25. The summed E-state index contributed by atoms with van der Waals surface area (Å²) in [7, 11) is -1.57. The van der Waals surface area contributed by atoms with Crippen LogP contribution >= 0.6 is 15.8 Å². The van der Waals surface area contributed by atoms with Gasteiger partial charge in [0.1, 0.15) is 0 Å². The molecule has 8 aromatic rings. The van der Waals surface area contributed by atoms with Crippen LogP contribution in [-0.2, 0) is 6.42 Å². The van der Waals surface area contributed by atoms with Crippen molar-refractivity contribution >= 4 is 69.2 Å². The summed E-state index contributed by atoms with van der Waals surface area (Å²) in [6, 6.07) is 71.9. The Labute approximate surface area is 279 Å². The fourth-order valence-corrected chi connectivity index (χ4v) is 11.8. The minimum absolute atomic E-state index is 0.787. The molecule has 0 aliphatic carbocycles. The predicted octanol–water partition coefficient (Wildman–Crippen LogP) is 9.10. The number of benzene rings is 8. The number of fused-ring (bicyclic) bond motifs is 2. The van der Waals surface area contributed by atoms with Crippen LogP contribution in [0.3, 0.4) is 0 Å². The van der Waals surface area contributed by atoms with Gasteiger partial charge in [-0.3, -0.25) is 0 Å². The highest BCUT2D eigenvalue weighted by atomic mass is 31.1. The highest BCUT2D eigenvalue weighted by molar-refractivity contribution is 7.80. The van der Waals surface area contributed by atoms with Gasteiger partial charge in [0, 0.05) is 0 Å². The second-order valence-electron chi connectivity index (χ2n) is 11.8. The molecule has 0 nitrogen and oxygen atoms in total. The van der Waals surface area contributed by atoms with Crippen molar-refractivity contribution in [3.63, 3.8) is 0 Å². The minimum atomic E-state index is -0.787. The van der Waals surface area contributed by atoms with E-state index in [9.17, 15) is 0 Å². The molecule has 0 saturated carbocycles. The molecule has 0 radical (unpaired) electrons. The van der Waals surface area contributed by atoms with E-state index in [1.807, 2.05) is 0 Å². The number of rotatable bonds is 8. The second kappa shape index (κ2) is 13.5. The Hall–Kier alpha value is -4.86. The zero-order valence-electron chi connectivity index (χ0n) is 26.1. The van der Waals surface area contributed by atoms with Gasteiger partial charge in [-0.2, -0.15) is 0 Å². The fourth-order valence-electron chi connectivity index (χ4n) is 6.78.